The van der Waals surface area contributed by atoms with E-state index >= 15 is 0 Å². The highest BCUT2D eigenvalue weighted by Crippen LogP contribution is 2.23. The van der Waals surface area contributed by atoms with Gasteiger partial charge in [-0.05, 0) is 35.7 Å². The molecule has 0 aliphatic carbocycles. The number of hydrogen-bond acceptors (Lipinski definition) is 6. The van der Waals surface area contributed by atoms with Gasteiger partial charge in [-0.25, -0.2) is 13.1 Å². The van der Waals surface area contributed by atoms with Crippen molar-refractivity contribution in [3.8, 4) is 5.75 Å². The van der Waals surface area contributed by atoms with E-state index in [2.05, 4.69) is 9.46 Å². The summed E-state index contributed by atoms with van der Waals surface area (Å²) in [5, 5.41) is 3.66. The summed E-state index contributed by atoms with van der Waals surface area (Å²) in [6.07, 6.45) is -4.84. The Hall–Kier alpha value is -2.15. The number of piperazine rings is 1. The highest BCUT2D eigenvalue weighted by atomic mass is 32.2. The summed E-state index contributed by atoms with van der Waals surface area (Å²) < 4.78 is 67.3. The maximum atomic E-state index is 12.3. The van der Waals surface area contributed by atoms with E-state index in [-0.39, 0.29) is 17.3 Å². The van der Waals surface area contributed by atoms with Crippen molar-refractivity contribution in [3.63, 3.8) is 0 Å². The van der Waals surface area contributed by atoms with Crippen molar-refractivity contribution in [1.82, 2.24) is 14.5 Å². The maximum Gasteiger partial charge on any atom is 0.573 e. The molecule has 1 saturated heterocycles. The molecule has 164 valence electrons. The lowest BCUT2D eigenvalue weighted by molar-refractivity contribution is -0.274. The molecule has 0 spiro atoms. The molecular weight excluding hydrogens is 443 g/mol. The van der Waals surface area contributed by atoms with Gasteiger partial charge in [0.05, 0.1) is 10.5 Å². The van der Waals surface area contributed by atoms with Crippen LogP contribution in [0, 0.1) is 0 Å². The van der Waals surface area contributed by atoms with Crippen LogP contribution in [0.3, 0.4) is 0 Å². The summed E-state index contributed by atoms with van der Waals surface area (Å²) in [6.45, 7) is 2.96. The quantitative estimate of drug-likeness (QED) is 0.682. The van der Waals surface area contributed by atoms with E-state index in [1.54, 1.807) is 11.0 Å². The van der Waals surface area contributed by atoms with Gasteiger partial charge in [0.2, 0.25) is 10.0 Å². The van der Waals surface area contributed by atoms with Gasteiger partial charge in [-0.1, -0.05) is 0 Å². The van der Waals surface area contributed by atoms with Crippen LogP contribution in [0.1, 0.15) is 10.4 Å². The van der Waals surface area contributed by atoms with Gasteiger partial charge in [-0.3, -0.25) is 9.69 Å². The zero-order valence-electron chi connectivity index (χ0n) is 15.8. The molecule has 30 heavy (non-hydrogen) atoms. The van der Waals surface area contributed by atoms with E-state index in [1.165, 1.54) is 11.3 Å². The Balaban J connectivity index is 1.44. The predicted molar refractivity (Wildman–Crippen MR) is 105 cm³/mol. The molecule has 1 N–H and O–H groups in total. The smallest absolute Gasteiger partial charge is 0.406 e. The molecule has 1 amide bonds. The van der Waals surface area contributed by atoms with E-state index in [4.69, 9.17) is 0 Å². The molecule has 1 aliphatic rings. The molecule has 0 atom stereocenters. The van der Waals surface area contributed by atoms with E-state index in [0.29, 0.717) is 38.3 Å². The number of halogens is 3. The van der Waals surface area contributed by atoms with E-state index in [9.17, 15) is 26.4 Å². The molecule has 0 radical (unpaired) electrons. The summed E-state index contributed by atoms with van der Waals surface area (Å²) in [7, 11) is -3.85. The zero-order chi connectivity index (χ0) is 21.8. The lowest BCUT2D eigenvalue weighted by Crippen LogP contribution is -2.50. The lowest BCUT2D eigenvalue weighted by atomic mass is 10.2. The van der Waals surface area contributed by atoms with Crippen molar-refractivity contribution >= 4 is 27.3 Å². The first-order chi connectivity index (χ1) is 14.1. The first-order valence-corrected chi connectivity index (χ1v) is 11.5. The predicted octanol–water partition coefficient (Wildman–Crippen LogP) is 2.38. The van der Waals surface area contributed by atoms with Gasteiger partial charge in [-0.15, -0.1) is 13.2 Å². The van der Waals surface area contributed by atoms with Gasteiger partial charge in [0.1, 0.15) is 5.75 Å². The maximum absolute atomic E-state index is 12.3. The van der Waals surface area contributed by atoms with Crippen molar-refractivity contribution in [3.05, 3.63) is 46.7 Å². The van der Waals surface area contributed by atoms with Crippen LogP contribution in [0.4, 0.5) is 13.2 Å². The number of alkyl halides is 3. The Morgan fingerprint density at radius 1 is 1.10 bits per heavy atom. The van der Waals surface area contributed by atoms with Crippen LogP contribution in [0.15, 0.2) is 46.0 Å². The van der Waals surface area contributed by atoms with Gasteiger partial charge >= 0.3 is 6.36 Å². The average molecular weight is 464 g/mol. The van der Waals surface area contributed by atoms with E-state index < -0.39 is 22.1 Å². The van der Waals surface area contributed by atoms with Crippen molar-refractivity contribution in [2.45, 2.75) is 11.3 Å². The standard InChI is InChI=1S/C18H20F3N3O4S2/c19-18(20,21)28-15-1-3-16(4-2-15)30(26,27)22-6-7-23-8-10-24(11-9-23)17(25)14-5-12-29-13-14/h1-5,12-13,22H,6-11H2. The molecule has 2 heterocycles. The molecule has 7 nitrogen and oxygen atoms in total. The fourth-order valence-corrected chi connectivity index (χ4v) is 4.64. The molecule has 2 aromatic rings. The molecule has 0 bridgehead atoms. The molecule has 0 saturated carbocycles. The van der Waals surface area contributed by atoms with Crippen molar-refractivity contribution < 1.29 is 31.1 Å². The largest absolute Gasteiger partial charge is 0.573 e. The molecule has 0 unspecified atom stereocenters. The first-order valence-electron chi connectivity index (χ1n) is 9.03. The lowest BCUT2D eigenvalue weighted by Gasteiger charge is -2.34. The monoisotopic (exact) mass is 463 g/mol. The number of nitrogens with zero attached hydrogens (tertiary/aromatic N) is 2. The third-order valence-corrected chi connectivity index (χ3v) is 6.68. The molecule has 1 aromatic carbocycles. The third kappa shape index (κ3) is 6.17. The van der Waals surface area contributed by atoms with Crippen LogP contribution >= 0.6 is 11.3 Å². The number of hydrogen-bond donors (Lipinski definition) is 1. The summed E-state index contributed by atoms with van der Waals surface area (Å²) in [5.74, 6) is -0.495. The SMILES string of the molecule is O=C(c1ccsc1)N1CCN(CCNS(=O)(=O)c2ccc(OC(F)(F)F)cc2)CC1. The number of amides is 1. The highest BCUT2D eigenvalue weighted by molar-refractivity contribution is 7.89. The van der Waals surface area contributed by atoms with E-state index in [1.807, 2.05) is 15.7 Å². The van der Waals surface area contributed by atoms with Crippen LogP contribution in [-0.2, 0) is 10.0 Å². The fourth-order valence-electron chi connectivity index (χ4n) is 2.99. The zero-order valence-corrected chi connectivity index (χ0v) is 17.4. The second-order valence-electron chi connectivity index (χ2n) is 6.56. The Morgan fingerprint density at radius 3 is 2.33 bits per heavy atom. The minimum Gasteiger partial charge on any atom is -0.406 e. The number of nitrogens with one attached hydrogen (secondary N) is 1. The van der Waals surface area contributed by atoms with Crippen molar-refractivity contribution in [2.75, 3.05) is 39.3 Å². The van der Waals surface area contributed by atoms with Gasteiger partial charge in [-0.2, -0.15) is 11.3 Å². The first kappa shape index (κ1) is 22.5. The molecule has 1 aliphatic heterocycles. The number of carbonyl (C=O) groups excluding carboxylic acids is 1. The second kappa shape index (κ2) is 9.33. The molecule has 3 rings (SSSR count). The number of ether oxygens (including phenoxy) is 1. The van der Waals surface area contributed by atoms with Crippen LogP contribution < -0.4 is 9.46 Å². The summed E-state index contributed by atoms with van der Waals surface area (Å²) >= 11 is 1.47. The Labute approximate surface area is 176 Å². The highest BCUT2D eigenvalue weighted by Gasteiger charge is 2.31. The van der Waals surface area contributed by atoms with Crippen LogP contribution in [0.5, 0.6) is 5.75 Å². The number of carbonyl (C=O) groups is 1. The van der Waals surface area contributed by atoms with E-state index in [0.717, 1.165) is 24.3 Å². The summed E-state index contributed by atoms with van der Waals surface area (Å²) in [4.78, 5) is 16.0. The van der Waals surface area contributed by atoms with Crippen LogP contribution in [-0.4, -0.2) is 69.8 Å². The normalized spacial score (nSPS) is 15.9. The minimum absolute atomic E-state index is 0.00504. The summed E-state index contributed by atoms with van der Waals surface area (Å²) in [6, 6.07) is 5.80. The Kier molecular flexibility index (Phi) is 7.01. The minimum atomic E-state index is -4.84. The number of rotatable bonds is 7. The Bertz CT molecular complexity index is 940. The number of sulfonamides is 1. The van der Waals surface area contributed by atoms with Gasteiger partial charge in [0, 0.05) is 44.6 Å². The number of thiophene rings is 1. The van der Waals surface area contributed by atoms with Crippen LogP contribution in [0.25, 0.3) is 0 Å². The molecule has 1 aromatic heterocycles. The fraction of sp³-hybridized carbons (Fsp3) is 0.389. The molecule has 1 fully saturated rings. The van der Waals surface area contributed by atoms with Gasteiger partial charge in [0.15, 0.2) is 0 Å². The molecule has 12 heteroatoms. The number of benzene rings is 1. The van der Waals surface area contributed by atoms with Gasteiger partial charge < -0.3 is 9.64 Å². The van der Waals surface area contributed by atoms with Crippen molar-refractivity contribution in [1.29, 1.82) is 0 Å². The average Bonchev–Trinajstić information content (AvgIpc) is 3.22. The third-order valence-electron chi connectivity index (χ3n) is 4.52. The Morgan fingerprint density at radius 2 is 1.77 bits per heavy atom. The molecular formula is C18H20F3N3O4S2. The van der Waals surface area contributed by atoms with Gasteiger partial charge in [0.25, 0.3) is 5.91 Å². The topological polar surface area (TPSA) is 79.0 Å². The second-order valence-corrected chi connectivity index (χ2v) is 9.11. The summed E-state index contributed by atoms with van der Waals surface area (Å²) in [5.41, 5.74) is 0.674. The van der Waals surface area contributed by atoms with Crippen LogP contribution in [0.2, 0.25) is 0 Å². The van der Waals surface area contributed by atoms with Crippen molar-refractivity contribution in [2.24, 2.45) is 0 Å².